The minimum absolute atomic E-state index is 0.690. The highest BCUT2D eigenvalue weighted by atomic mass is 14.8. The second-order valence-electron chi connectivity index (χ2n) is 15.0. The smallest absolute Gasteiger partial charge is 0.0991 e. The fourth-order valence-corrected chi connectivity index (χ4v) is 7.04. The Morgan fingerprint density at radius 3 is 1.90 bits per heavy atom. The second kappa shape index (κ2) is 18.0. The normalized spacial score (nSPS) is 12.7. The molecular weight excluding hydrogens is 605 g/mol. The molecule has 0 heterocycles. The summed E-state index contributed by atoms with van der Waals surface area (Å²) in [7, 11) is 2.04. The summed E-state index contributed by atoms with van der Waals surface area (Å²) in [5, 5.41) is 18.1. The largest absolute Gasteiger partial charge is 0.320 e. The molecule has 1 N–H and O–H groups in total. The van der Waals surface area contributed by atoms with Crippen LogP contribution < -0.4 is 5.32 Å². The zero-order valence-corrected chi connectivity index (χ0v) is 31.3. The summed E-state index contributed by atoms with van der Waals surface area (Å²) < 4.78 is 0. The van der Waals surface area contributed by atoms with Crippen molar-refractivity contribution in [1.82, 2.24) is 5.32 Å². The second-order valence-corrected chi connectivity index (χ2v) is 15.0. The van der Waals surface area contributed by atoms with Crippen LogP contribution in [0.25, 0.3) is 49.4 Å². The number of unbranched alkanes of at least 4 members (excludes halogenated alkanes) is 1. The van der Waals surface area contributed by atoms with E-state index in [4.69, 9.17) is 0 Å². The zero-order chi connectivity index (χ0) is 35.5. The molecule has 0 fully saturated rings. The highest BCUT2D eigenvalue weighted by Crippen LogP contribution is 2.42. The Balaban J connectivity index is 0.00000115. The maximum atomic E-state index is 9.51. The fraction of sp³-hybridized carbons (Fsp3) is 0.354. The van der Waals surface area contributed by atoms with Crippen molar-refractivity contribution < 1.29 is 0 Å². The molecule has 0 unspecified atom stereocenters. The molecule has 5 aromatic carbocycles. The average Bonchev–Trinajstić information content (AvgIpc) is 3.13. The minimum atomic E-state index is 0.690. The maximum absolute atomic E-state index is 9.51. The van der Waals surface area contributed by atoms with Gasteiger partial charge in [-0.2, -0.15) is 5.26 Å². The van der Waals surface area contributed by atoms with Crippen molar-refractivity contribution in [2.45, 2.75) is 86.0 Å². The van der Waals surface area contributed by atoms with Crippen LogP contribution in [-0.2, 0) is 12.8 Å². The summed E-state index contributed by atoms with van der Waals surface area (Å²) >= 11 is 0. The summed E-state index contributed by atoms with van der Waals surface area (Å²) in [6.45, 7) is 12.2. The first-order valence-electron chi connectivity index (χ1n) is 18.9. The summed E-state index contributed by atoms with van der Waals surface area (Å²) in [5.41, 5.74) is 11.2. The molecule has 2 nitrogen and oxygen atoms in total. The number of benzene rings is 5. The number of rotatable bonds is 12. The molecule has 50 heavy (non-hydrogen) atoms. The number of hydrogen-bond acceptors (Lipinski definition) is 2. The Morgan fingerprint density at radius 1 is 0.680 bits per heavy atom. The molecule has 5 aromatic rings. The van der Waals surface area contributed by atoms with Gasteiger partial charge in [0.15, 0.2) is 0 Å². The minimum Gasteiger partial charge on any atom is -0.320 e. The van der Waals surface area contributed by atoms with E-state index in [1.165, 1.54) is 74.2 Å². The molecule has 0 bridgehead atoms. The van der Waals surface area contributed by atoms with Gasteiger partial charge in [0, 0.05) is 0 Å². The van der Waals surface area contributed by atoms with Crippen LogP contribution in [0.2, 0.25) is 0 Å². The van der Waals surface area contributed by atoms with E-state index < -0.39 is 0 Å². The highest BCUT2D eigenvalue weighted by Gasteiger charge is 2.18. The van der Waals surface area contributed by atoms with Gasteiger partial charge in [-0.15, -0.1) is 0 Å². The molecule has 0 aliphatic heterocycles. The van der Waals surface area contributed by atoms with Crippen molar-refractivity contribution >= 4 is 27.1 Å². The Hall–Kier alpha value is -4.45. The van der Waals surface area contributed by atoms with Gasteiger partial charge in [-0.1, -0.05) is 126 Å². The van der Waals surface area contributed by atoms with Gasteiger partial charge in [-0.05, 0) is 154 Å². The van der Waals surface area contributed by atoms with E-state index in [1.807, 2.05) is 25.2 Å². The lowest BCUT2D eigenvalue weighted by Crippen LogP contribution is -2.09. The highest BCUT2D eigenvalue weighted by molar-refractivity contribution is 6.09. The van der Waals surface area contributed by atoms with Crippen LogP contribution in [0.15, 0.2) is 103 Å². The molecule has 0 aromatic heterocycles. The Morgan fingerprint density at radius 2 is 1.30 bits per heavy atom. The number of nitriles is 1. The first-order chi connectivity index (χ1) is 24.3. The van der Waals surface area contributed by atoms with Crippen LogP contribution in [0, 0.1) is 23.2 Å². The van der Waals surface area contributed by atoms with Crippen molar-refractivity contribution in [3.05, 3.63) is 125 Å². The van der Waals surface area contributed by atoms with Crippen molar-refractivity contribution in [2.75, 3.05) is 13.6 Å². The standard InChI is InChI=1S/C44H46N2.C4H10/c1-31(2)11-7-8-15-34-18-20-39-28-37(33-13-5-4-6-14-33)22-24-41(39)43(34)44-35(17-10-26-46-3)19-21-40-29-38(23-25-42(40)44)36-16-9-12-32(27-36)30-45;1-4(2)3/h5,9,12-14,16,18-25,27-29,31,46H,4,6-8,10-11,15,17,26H2,1-3H3;4H,1-3H3. The molecule has 1 aliphatic rings. The van der Waals surface area contributed by atoms with E-state index in [2.05, 4.69) is 131 Å². The Kier molecular flexibility index (Phi) is 13.2. The first kappa shape index (κ1) is 36.8. The van der Waals surface area contributed by atoms with Crippen molar-refractivity contribution in [1.29, 1.82) is 5.26 Å². The van der Waals surface area contributed by atoms with E-state index in [9.17, 15) is 5.26 Å². The van der Waals surface area contributed by atoms with Gasteiger partial charge in [-0.3, -0.25) is 0 Å². The number of fused-ring (bicyclic) bond motifs is 2. The van der Waals surface area contributed by atoms with E-state index in [-0.39, 0.29) is 0 Å². The molecule has 0 spiro atoms. The van der Waals surface area contributed by atoms with Gasteiger partial charge in [0.1, 0.15) is 0 Å². The summed E-state index contributed by atoms with van der Waals surface area (Å²) in [5.74, 6) is 1.57. The van der Waals surface area contributed by atoms with Crippen LogP contribution in [0.3, 0.4) is 0 Å². The lowest BCUT2D eigenvalue weighted by molar-refractivity contribution is 0.538. The molecule has 0 atom stereocenters. The molecule has 0 radical (unpaired) electrons. The topological polar surface area (TPSA) is 35.8 Å². The molecule has 6 rings (SSSR count). The van der Waals surface area contributed by atoms with Crippen LogP contribution in [0.5, 0.6) is 0 Å². The van der Waals surface area contributed by atoms with Crippen LogP contribution in [-0.4, -0.2) is 13.6 Å². The average molecular weight is 661 g/mol. The summed E-state index contributed by atoms with van der Waals surface area (Å²) in [4.78, 5) is 0. The first-order valence-corrected chi connectivity index (χ1v) is 18.9. The Labute approximate surface area is 302 Å². The van der Waals surface area contributed by atoms with Crippen molar-refractivity contribution in [2.24, 2.45) is 11.8 Å². The van der Waals surface area contributed by atoms with Crippen molar-refractivity contribution in [3.8, 4) is 28.3 Å². The van der Waals surface area contributed by atoms with E-state index >= 15 is 0 Å². The van der Waals surface area contributed by atoms with Gasteiger partial charge < -0.3 is 5.32 Å². The van der Waals surface area contributed by atoms with Gasteiger partial charge in [0.25, 0.3) is 0 Å². The number of nitrogens with one attached hydrogen (secondary N) is 1. The number of aryl methyl sites for hydroxylation is 2. The molecule has 0 saturated carbocycles. The molecule has 1 aliphatic carbocycles. The molecule has 258 valence electrons. The van der Waals surface area contributed by atoms with E-state index in [0.717, 1.165) is 61.6 Å². The Bertz CT molecular complexity index is 2000. The predicted molar refractivity (Wildman–Crippen MR) is 219 cm³/mol. The monoisotopic (exact) mass is 660 g/mol. The molecular formula is C48H56N2. The number of hydrogen-bond donors (Lipinski definition) is 1. The SMILES string of the molecule is CC(C)C.CNCCCc1ccc2cc(-c3cccc(C#N)c3)ccc2c1-c1c(CCCCC(C)C)ccc2cc(C3=CCCC=C3)ccc12. The van der Waals surface area contributed by atoms with Crippen LogP contribution in [0.1, 0.15) is 95.4 Å². The molecule has 2 heteroatoms. The third-order valence-corrected chi connectivity index (χ3v) is 9.47. The zero-order valence-electron chi connectivity index (χ0n) is 31.3. The van der Waals surface area contributed by atoms with Crippen molar-refractivity contribution in [3.63, 3.8) is 0 Å². The molecule has 0 saturated heterocycles. The van der Waals surface area contributed by atoms with Gasteiger partial charge in [0.05, 0.1) is 11.6 Å². The quantitative estimate of drug-likeness (QED) is 0.135. The third-order valence-electron chi connectivity index (χ3n) is 9.47. The maximum Gasteiger partial charge on any atom is 0.0991 e. The summed E-state index contributed by atoms with van der Waals surface area (Å²) in [6.07, 6.45) is 16.1. The third kappa shape index (κ3) is 9.41. The number of allylic oxidation sites excluding steroid dienone is 4. The number of nitrogens with zero attached hydrogens (tertiary/aromatic N) is 1. The van der Waals surface area contributed by atoms with E-state index in [1.54, 1.807) is 0 Å². The predicted octanol–water partition coefficient (Wildman–Crippen LogP) is 13.1. The lowest BCUT2D eigenvalue weighted by Gasteiger charge is -2.21. The van der Waals surface area contributed by atoms with E-state index in [0.29, 0.717) is 5.56 Å². The van der Waals surface area contributed by atoms with Gasteiger partial charge >= 0.3 is 0 Å². The van der Waals surface area contributed by atoms with Gasteiger partial charge in [-0.25, -0.2) is 0 Å². The molecule has 0 amide bonds. The summed E-state index contributed by atoms with van der Waals surface area (Å²) in [6, 6.07) is 33.7. The van der Waals surface area contributed by atoms with Crippen LogP contribution >= 0.6 is 0 Å². The fourth-order valence-electron chi connectivity index (χ4n) is 7.04. The lowest BCUT2D eigenvalue weighted by atomic mass is 9.83. The van der Waals surface area contributed by atoms with Crippen LogP contribution in [0.4, 0.5) is 0 Å². The van der Waals surface area contributed by atoms with Gasteiger partial charge in [0.2, 0.25) is 0 Å².